The van der Waals surface area contributed by atoms with Gasteiger partial charge in [0, 0.05) is 18.7 Å². The van der Waals surface area contributed by atoms with Gasteiger partial charge in [0.25, 0.3) is 0 Å². The van der Waals surface area contributed by atoms with Gasteiger partial charge in [-0.2, -0.15) is 5.10 Å². The fraction of sp³-hybridized carbons (Fsp3) is 0.318. The van der Waals surface area contributed by atoms with Crippen LogP contribution in [0.1, 0.15) is 29.4 Å². The summed E-state index contributed by atoms with van der Waals surface area (Å²) in [5.74, 6) is -1.03. The minimum atomic E-state index is -1.34. The molecule has 1 aromatic carbocycles. The molecule has 2 aromatic heterocycles. The summed E-state index contributed by atoms with van der Waals surface area (Å²) < 4.78 is 16.1. The number of hydrogen-bond donors (Lipinski definition) is 2. The standard InChI is InChI=1S/C22H21BrFN5O4/c1-12(31)21-15-7-13(11-30)5-6-16(15)29(27-21)10-20(32)28-9-14(24)8-17(28)22(33)26-19-4-2-3-18(23)25-19/h2-7,14,17,30H,8-11H2,1H3,(H,25,26,33)/t14-,17+/m1/s1. The smallest absolute Gasteiger partial charge is 0.248 e. The highest BCUT2D eigenvalue weighted by atomic mass is 79.9. The molecule has 0 spiro atoms. The van der Waals surface area contributed by atoms with Crippen LogP contribution in [0.2, 0.25) is 0 Å². The van der Waals surface area contributed by atoms with Crippen LogP contribution in [0, 0.1) is 0 Å². The molecule has 2 atom stereocenters. The lowest BCUT2D eigenvalue weighted by Crippen LogP contribution is -2.44. The van der Waals surface area contributed by atoms with E-state index in [9.17, 15) is 23.9 Å². The Hall–Kier alpha value is -3.18. The van der Waals surface area contributed by atoms with Crippen molar-refractivity contribution in [3.63, 3.8) is 0 Å². The van der Waals surface area contributed by atoms with Crippen LogP contribution in [0.5, 0.6) is 0 Å². The number of ketones is 1. The molecule has 1 saturated heterocycles. The minimum Gasteiger partial charge on any atom is -0.392 e. The first-order valence-electron chi connectivity index (χ1n) is 10.2. The largest absolute Gasteiger partial charge is 0.392 e. The van der Waals surface area contributed by atoms with E-state index in [1.807, 2.05) is 0 Å². The van der Waals surface area contributed by atoms with E-state index in [0.29, 0.717) is 21.1 Å². The third-order valence-corrected chi connectivity index (χ3v) is 5.90. The highest BCUT2D eigenvalue weighted by Gasteiger charge is 2.40. The Kier molecular flexibility index (Phi) is 6.52. The monoisotopic (exact) mass is 517 g/mol. The van der Waals surface area contributed by atoms with Gasteiger partial charge in [-0.25, -0.2) is 9.37 Å². The second kappa shape index (κ2) is 9.36. The molecule has 172 valence electrons. The van der Waals surface area contributed by atoms with Crippen molar-refractivity contribution in [1.82, 2.24) is 19.7 Å². The number of amides is 2. The SMILES string of the molecule is CC(=O)c1nn(CC(=O)N2C[C@H](F)C[C@H]2C(=O)Nc2cccc(Br)n2)c2ccc(CO)cc12. The Morgan fingerprint density at radius 3 is 2.76 bits per heavy atom. The Balaban J connectivity index is 1.57. The number of aliphatic hydroxyl groups excluding tert-OH is 1. The number of benzene rings is 1. The van der Waals surface area contributed by atoms with E-state index in [-0.39, 0.29) is 43.4 Å². The number of Topliss-reactive ketones (excluding diaryl/α,β-unsaturated/α-hetero) is 1. The summed E-state index contributed by atoms with van der Waals surface area (Å²) in [6.45, 7) is 0.681. The van der Waals surface area contributed by atoms with Crippen molar-refractivity contribution in [3.8, 4) is 0 Å². The third kappa shape index (κ3) is 4.79. The van der Waals surface area contributed by atoms with E-state index in [1.54, 1.807) is 36.4 Å². The highest BCUT2D eigenvalue weighted by molar-refractivity contribution is 9.10. The topological polar surface area (TPSA) is 117 Å². The first-order chi connectivity index (χ1) is 15.8. The molecule has 2 amide bonds. The van der Waals surface area contributed by atoms with Gasteiger partial charge in [-0.05, 0) is 45.8 Å². The summed E-state index contributed by atoms with van der Waals surface area (Å²) in [6, 6.07) is 8.97. The Morgan fingerprint density at radius 2 is 2.06 bits per heavy atom. The maximum absolute atomic E-state index is 14.2. The first kappa shape index (κ1) is 23.0. The average Bonchev–Trinajstić information content (AvgIpc) is 3.34. The number of hydrogen-bond acceptors (Lipinski definition) is 6. The number of rotatable bonds is 6. The van der Waals surface area contributed by atoms with Gasteiger partial charge in [0.1, 0.15) is 34.9 Å². The number of anilines is 1. The lowest BCUT2D eigenvalue weighted by Gasteiger charge is -2.23. The van der Waals surface area contributed by atoms with Crippen molar-refractivity contribution in [2.75, 3.05) is 11.9 Å². The first-order valence-corrected chi connectivity index (χ1v) is 11.0. The van der Waals surface area contributed by atoms with Crippen LogP contribution in [-0.2, 0) is 22.7 Å². The molecule has 11 heteroatoms. The number of fused-ring (bicyclic) bond motifs is 1. The van der Waals surface area contributed by atoms with Crippen molar-refractivity contribution in [2.45, 2.75) is 38.7 Å². The van der Waals surface area contributed by atoms with Crippen LogP contribution in [0.4, 0.5) is 10.2 Å². The summed E-state index contributed by atoms with van der Waals surface area (Å²) in [6.07, 6.45) is -1.46. The number of alkyl halides is 1. The van der Waals surface area contributed by atoms with E-state index >= 15 is 0 Å². The predicted molar refractivity (Wildman–Crippen MR) is 121 cm³/mol. The van der Waals surface area contributed by atoms with E-state index in [1.165, 1.54) is 16.5 Å². The van der Waals surface area contributed by atoms with Crippen molar-refractivity contribution in [1.29, 1.82) is 0 Å². The molecule has 0 unspecified atom stereocenters. The minimum absolute atomic E-state index is 0.121. The second-order valence-corrected chi connectivity index (χ2v) is 8.61. The molecule has 0 radical (unpaired) electrons. The maximum atomic E-state index is 14.2. The zero-order valence-electron chi connectivity index (χ0n) is 17.7. The fourth-order valence-corrected chi connectivity index (χ4v) is 4.26. The molecular formula is C22H21BrFN5O4. The van der Waals surface area contributed by atoms with Gasteiger partial charge in [-0.1, -0.05) is 12.1 Å². The number of aliphatic hydroxyl groups is 1. The van der Waals surface area contributed by atoms with Crippen molar-refractivity contribution in [2.24, 2.45) is 0 Å². The van der Waals surface area contributed by atoms with Gasteiger partial charge in [-0.15, -0.1) is 0 Å². The Labute approximate surface area is 196 Å². The lowest BCUT2D eigenvalue weighted by molar-refractivity contribution is -0.137. The van der Waals surface area contributed by atoms with Gasteiger partial charge in [0.15, 0.2) is 5.78 Å². The number of pyridine rings is 1. The van der Waals surface area contributed by atoms with Crippen LogP contribution in [-0.4, -0.2) is 61.1 Å². The Bertz CT molecular complexity index is 1250. The maximum Gasteiger partial charge on any atom is 0.248 e. The molecule has 1 aliphatic heterocycles. The molecular weight excluding hydrogens is 497 g/mol. The number of aromatic nitrogens is 3. The summed E-state index contributed by atoms with van der Waals surface area (Å²) in [5.41, 5.74) is 1.31. The molecule has 9 nitrogen and oxygen atoms in total. The molecule has 0 saturated carbocycles. The summed E-state index contributed by atoms with van der Waals surface area (Å²) in [5, 5.41) is 16.8. The number of carbonyl (C=O) groups excluding carboxylic acids is 3. The summed E-state index contributed by atoms with van der Waals surface area (Å²) >= 11 is 3.22. The van der Waals surface area contributed by atoms with Gasteiger partial charge in [-0.3, -0.25) is 19.1 Å². The molecule has 0 bridgehead atoms. The fourth-order valence-electron chi connectivity index (χ4n) is 3.92. The third-order valence-electron chi connectivity index (χ3n) is 5.46. The van der Waals surface area contributed by atoms with Crippen molar-refractivity contribution < 1.29 is 23.9 Å². The quantitative estimate of drug-likeness (QED) is 0.383. The van der Waals surface area contributed by atoms with Crippen LogP contribution in [0.15, 0.2) is 41.0 Å². The van der Waals surface area contributed by atoms with E-state index in [4.69, 9.17) is 0 Å². The van der Waals surface area contributed by atoms with Crippen LogP contribution in [0.3, 0.4) is 0 Å². The van der Waals surface area contributed by atoms with Crippen molar-refractivity contribution in [3.05, 3.63) is 52.3 Å². The molecule has 3 aromatic rings. The van der Waals surface area contributed by atoms with Gasteiger partial charge < -0.3 is 15.3 Å². The molecule has 4 rings (SSSR count). The number of nitrogens with zero attached hydrogens (tertiary/aromatic N) is 4. The number of likely N-dealkylation sites (tertiary alicyclic amines) is 1. The van der Waals surface area contributed by atoms with E-state index in [0.717, 1.165) is 0 Å². The predicted octanol–water partition coefficient (Wildman–Crippen LogP) is 2.47. The van der Waals surface area contributed by atoms with Gasteiger partial charge >= 0.3 is 0 Å². The summed E-state index contributed by atoms with van der Waals surface area (Å²) in [7, 11) is 0. The Morgan fingerprint density at radius 1 is 1.27 bits per heavy atom. The van der Waals surface area contributed by atoms with E-state index in [2.05, 4.69) is 31.3 Å². The number of halogens is 2. The van der Waals surface area contributed by atoms with Crippen molar-refractivity contribution >= 4 is 50.2 Å². The van der Waals surface area contributed by atoms with Gasteiger partial charge in [0.05, 0.1) is 18.7 Å². The van der Waals surface area contributed by atoms with Gasteiger partial charge in [0.2, 0.25) is 11.8 Å². The van der Waals surface area contributed by atoms with E-state index < -0.39 is 24.0 Å². The number of carbonyl (C=O) groups is 3. The van der Waals surface area contributed by atoms with Crippen LogP contribution < -0.4 is 5.32 Å². The molecule has 33 heavy (non-hydrogen) atoms. The number of nitrogens with one attached hydrogen (secondary N) is 1. The second-order valence-electron chi connectivity index (χ2n) is 7.80. The zero-order valence-corrected chi connectivity index (χ0v) is 19.2. The van der Waals surface area contributed by atoms with Crippen LogP contribution >= 0.6 is 15.9 Å². The molecule has 1 aliphatic rings. The lowest BCUT2D eigenvalue weighted by atomic mass is 10.1. The molecule has 2 N–H and O–H groups in total. The molecule has 1 fully saturated rings. The normalized spacial score (nSPS) is 18.0. The highest BCUT2D eigenvalue weighted by Crippen LogP contribution is 2.25. The summed E-state index contributed by atoms with van der Waals surface area (Å²) in [4.78, 5) is 43.3. The molecule has 3 heterocycles. The average molecular weight is 518 g/mol. The zero-order chi connectivity index (χ0) is 23.7. The molecule has 0 aliphatic carbocycles. The van der Waals surface area contributed by atoms with Crippen LogP contribution in [0.25, 0.3) is 10.9 Å².